The number of aliphatic hydroxyl groups is 1. The van der Waals surface area contributed by atoms with Gasteiger partial charge in [-0.1, -0.05) is 17.7 Å². The van der Waals surface area contributed by atoms with Gasteiger partial charge in [0.15, 0.2) is 5.13 Å². The Morgan fingerprint density at radius 3 is 2.62 bits per heavy atom. The van der Waals surface area contributed by atoms with Crippen molar-refractivity contribution in [2.24, 2.45) is 11.8 Å². The molecule has 37 heavy (non-hydrogen) atoms. The molecule has 3 fully saturated rings. The molecule has 6 rings (SSSR count). The van der Waals surface area contributed by atoms with E-state index >= 15 is 0 Å². The molecule has 7 heteroatoms. The molecule has 194 valence electrons. The number of likely N-dealkylation sites (tertiary alicyclic amines) is 1. The number of fused-ring (bicyclic) bond motifs is 2. The molecular formula is C30H35N3O3S. The number of rotatable bonds is 6. The van der Waals surface area contributed by atoms with Crippen LogP contribution in [0, 0.1) is 25.7 Å². The SMILES string of the molecule is Cc1ccc(OCc2ccc(C(=O)N3CC[C@@H](O)C3)cc2C)c(-c2csc(N3C[C@@H]4CC[C@@H](C4)C3)n2)c1. The second-order valence-corrected chi connectivity index (χ2v) is 11.9. The number of thiazole rings is 1. The summed E-state index contributed by atoms with van der Waals surface area (Å²) in [6, 6.07) is 12.1. The first kappa shape index (κ1) is 24.4. The molecule has 3 aliphatic rings. The van der Waals surface area contributed by atoms with E-state index in [1.165, 1.54) is 24.8 Å². The lowest BCUT2D eigenvalue weighted by Gasteiger charge is -2.31. The van der Waals surface area contributed by atoms with Gasteiger partial charge < -0.3 is 19.6 Å². The first-order valence-electron chi connectivity index (χ1n) is 13.4. The lowest BCUT2D eigenvalue weighted by atomic mass is 9.99. The molecule has 2 aromatic carbocycles. The largest absolute Gasteiger partial charge is 0.488 e. The third-order valence-electron chi connectivity index (χ3n) is 8.20. The Kier molecular flexibility index (Phi) is 6.67. The molecule has 3 aromatic rings. The van der Waals surface area contributed by atoms with Gasteiger partial charge in [-0.2, -0.15) is 0 Å². The Labute approximate surface area is 222 Å². The molecule has 2 bridgehead atoms. The van der Waals surface area contributed by atoms with Crippen LogP contribution in [0.5, 0.6) is 5.75 Å². The Hall–Kier alpha value is -2.90. The van der Waals surface area contributed by atoms with Gasteiger partial charge in [0.25, 0.3) is 5.91 Å². The van der Waals surface area contributed by atoms with Crippen LogP contribution in [0.25, 0.3) is 11.3 Å². The van der Waals surface area contributed by atoms with E-state index in [2.05, 4.69) is 29.3 Å². The third kappa shape index (κ3) is 5.12. The number of benzene rings is 2. The maximum Gasteiger partial charge on any atom is 0.253 e. The van der Waals surface area contributed by atoms with Gasteiger partial charge in [-0.25, -0.2) is 4.98 Å². The highest BCUT2D eigenvalue weighted by Gasteiger charge is 2.34. The zero-order valence-electron chi connectivity index (χ0n) is 21.7. The van der Waals surface area contributed by atoms with Crippen LogP contribution in [0.1, 0.15) is 52.7 Å². The van der Waals surface area contributed by atoms with E-state index in [0.29, 0.717) is 31.7 Å². The Morgan fingerprint density at radius 1 is 1.08 bits per heavy atom. The number of hydrogen-bond acceptors (Lipinski definition) is 6. The van der Waals surface area contributed by atoms with Gasteiger partial charge in [-0.15, -0.1) is 11.3 Å². The summed E-state index contributed by atoms with van der Waals surface area (Å²) in [5.41, 5.74) is 5.91. The van der Waals surface area contributed by atoms with Crippen LogP contribution < -0.4 is 9.64 Å². The zero-order chi connectivity index (χ0) is 25.5. The number of aryl methyl sites for hydroxylation is 2. The monoisotopic (exact) mass is 517 g/mol. The van der Waals surface area contributed by atoms with Crippen LogP contribution in [0.15, 0.2) is 41.8 Å². The summed E-state index contributed by atoms with van der Waals surface area (Å²) in [6.45, 7) is 7.83. The van der Waals surface area contributed by atoms with E-state index in [1.807, 2.05) is 31.2 Å². The average Bonchev–Trinajstić information content (AvgIpc) is 3.63. The summed E-state index contributed by atoms with van der Waals surface area (Å²) >= 11 is 1.74. The third-order valence-corrected chi connectivity index (χ3v) is 9.11. The molecule has 3 heterocycles. The van der Waals surface area contributed by atoms with E-state index in [0.717, 1.165) is 58.2 Å². The summed E-state index contributed by atoms with van der Waals surface area (Å²) in [6.07, 6.45) is 4.36. The first-order valence-corrected chi connectivity index (χ1v) is 14.3. The lowest BCUT2D eigenvalue weighted by Crippen LogP contribution is -2.36. The summed E-state index contributed by atoms with van der Waals surface area (Å²) in [7, 11) is 0. The first-order chi connectivity index (χ1) is 17.9. The minimum Gasteiger partial charge on any atom is -0.488 e. The number of β-amino-alcohol motifs (C(OH)–C–C–N with tert-alkyl or cyclic N) is 1. The molecule has 0 radical (unpaired) electrons. The molecule has 1 amide bonds. The van der Waals surface area contributed by atoms with Gasteiger partial charge in [-0.05, 0) is 86.8 Å². The van der Waals surface area contributed by atoms with Crippen molar-refractivity contribution in [2.45, 2.75) is 52.2 Å². The van der Waals surface area contributed by atoms with Crippen LogP contribution in [-0.4, -0.2) is 53.2 Å². The van der Waals surface area contributed by atoms with Crippen molar-refractivity contribution in [2.75, 3.05) is 31.1 Å². The molecule has 1 aliphatic carbocycles. The van der Waals surface area contributed by atoms with E-state index in [1.54, 1.807) is 16.2 Å². The number of amides is 1. The molecule has 1 saturated carbocycles. The van der Waals surface area contributed by atoms with Crippen LogP contribution >= 0.6 is 11.3 Å². The van der Waals surface area contributed by atoms with Crippen molar-refractivity contribution in [3.05, 3.63) is 64.0 Å². The second kappa shape index (κ2) is 10.1. The summed E-state index contributed by atoms with van der Waals surface area (Å²) in [4.78, 5) is 22.1. The number of nitrogens with zero attached hydrogens (tertiary/aromatic N) is 3. The van der Waals surface area contributed by atoms with E-state index in [-0.39, 0.29) is 5.91 Å². The Balaban J connectivity index is 1.17. The van der Waals surface area contributed by atoms with Crippen molar-refractivity contribution in [3.8, 4) is 17.0 Å². The van der Waals surface area contributed by atoms with Crippen molar-refractivity contribution >= 4 is 22.4 Å². The Bertz CT molecular complexity index is 1290. The van der Waals surface area contributed by atoms with Crippen LogP contribution in [0.2, 0.25) is 0 Å². The van der Waals surface area contributed by atoms with Gasteiger partial charge in [-0.3, -0.25) is 4.79 Å². The molecule has 3 atom stereocenters. The molecule has 1 aromatic heterocycles. The molecule has 0 spiro atoms. The van der Waals surface area contributed by atoms with Gasteiger partial charge in [0.1, 0.15) is 12.4 Å². The fourth-order valence-electron chi connectivity index (χ4n) is 6.12. The smallest absolute Gasteiger partial charge is 0.253 e. The van der Waals surface area contributed by atoms with Crippen molar-refractivity contribution in [1.29, 1.82) is 0 Å². The van der Waals surface area contributed by atoms with Crippen molar-refractivity contribution in [3.63, 3.8) is 0 Å². The molecule has 6 nitrogen and oxygen atoms in total. The van der Waals surface area contributed by atoms with Gasteiger partial charge >= 0.3 is 0 Å². The predicted molar refractivity (Wildman–Crippen MR) is 147 cm³/mol. The molecule has 0 unspecified atom stereocenters. The second-order valence-electron chi connectivity index (χ2n) is 11.1. The predicted octanol–water partition coefficient (Wildman–Crippen LogP) is 5.45. The standard InChI is InChI=1S/C30H35N3O3S/c1-19-3-8-28(26(11-19)27-18-37-30(31-27)33-14-21-4-5-22(13-21)15-33)36-17-24-7-6-23(12-20(24)2)29(35)32-10-9-25(34)16-32/h3,6-8,11-12,18,21-22,25,34H,4-5,9-10,13-17H2,1-2H3/t21-,22+,25-/m1/s1. The minimum atomic E-state index is -0.412. The topological polar surface area (TPSA) is 65.9 Å². The van der Waals surface area contributed by atoms with Gasteiger partial charge in [0, 0.05) is 42.7 Å². The maximum atomic E-state index is 12.8. The van der Waals surface area contributed by atoms with E-state index in [9.17, 15) is 9.90 Å². The number of carbonyl (C=O) groups excluding carboxylic acids is 1. The maximum absolute atomic E-state index is 12.8. The van der Waals surface area contributed by atoms with Gasteiger partial charge in [0.05, 0.1) is 11.8 Å². The summed E-state index contributed by atoms with van der Waals surface area (Å²) in [5.74, 6) is 2.47. The summed E-state index contributed by atoms with van der Waals surface area (Å²) < 4.78 is 6.35. The number of piperidine rings is 1. The molecule has 2 aliphatic heterocycles. The van der Waals surface area contributed by atoms with Crippen molar-refractivity contribution in [1.82, 2.24) is 9.88 Å². The van der Waals surface area contributed by atoms with Crippen LogP contribution in [0.4, 0.5) is 5.13 Å². The fourth-order valence-corrected chi connectivity index (χ4v) is 6.97. The number of ether oxygens (including phenoxy) is 1. The quantitative estimate of drug-likeness (QED) is 0.471. The molecule has 1 N–H and O–H groups in total. The lowest BCUT2D eigenvalue weighted by molar-refractivity contribution is 0.0765. The minimum absolute atomic E-state index is 0.0195. The highest BCUT2D eigenvalue weighted by Crippen LogP contribution is 2.40. The average molecular weight is 518 g/mol. The molecular weight excluding hydrogens is 482 g/mol. The number of carbonyl (C=O) groups is 1. The van der Waals surface area contributed by atoms with E-state index in [4.69, 9.17) is 9.72 Å². The van der Waals surface area contributed by atoms with Crippen molar-refractivity contribution < 1.29 is 14.6 Å². The number of aliphatic hydroxyl groups excluding tert-OH is 1. The molecule has 2 saturated heterocycles. The Morgan fingerprint density at radius 2 is 1.89 bits per heavy atom. The fraction of sp³-hybridized carbons (Fsp3) is 0.467. The number of anilines is 1. The normalized spacial score (nSPS) is 23.1. The number of hydrogen-bond donors (Lipinski definition) is 1. The van der Waals surface area contributed by atoms with Crippen LogP contribution in [-0.2, 0) is 6.61 Å². The highest BCUT2D eigenvalue weighted by atomic mass is 32.1. The van der Waals surface area contributed by atoms with Gasteiger partial charge in [0.2, 0.25) is 0 Å². The highest BCUT2D eigenvalue weighted by molar-refractivity contribution is 7.14. The summed E-state index contributed by atoms with van der Waals surface area (Å²) in [5, 5.41) is 13.1. The van der Waals surface area contributed by atoms with E-state index < -0.39 is 6.10 Å². The number of aromatic nitrogens is 1. The van der Waals surface area contributed by atoms with Crippen LogP contribution in [0.3, 0.4) is 0 Å². The zero-order valence-corrected chi connectivity index (χ0v) is 22.5.